The number of unbranched alkanes of at least 4 members (excludes halogenated alkanes) is 1. The van der Waals surface area contributed by atoms with Crippen molar-refractivity contribution in [2.45, 2.75) is 38.6 Å². The molecular formula is C13H21NS2. The second-order valence-electron chi connectivity index (χ2n) is 4.39. The summed E-state index contributed by atoms with van der Waals surface area (Å²) in [5, 5.41) is 3.55. The lowest BCUT2D eigenvalue weighted by Gasteiger charge is -2.02. The third-order valence-electron chi connectivity index (χ3n) is 3.05. The zero-order chi connectivity index (χ0) is 11.2. The van der Waals surface area contributed by atoms with Crippen molar-refractivity contribution in [1.82, 2.24) is 5.32 Å². The summed E-state index contributed by atoms with van der Waals surface area (Å²) < 4.78 is 0. The van der Waals surface area contributed by atoms with Gasteiger partial charge in [0.2, 0.25) is 0 Å². The smallest absolute Gasteiger partial charge is 0.0299 e. The second kappa shape index (κ2) is 6.67. The van der Waals surface area contributed by atoms with Gasteiger partial charge in [0.1, 0.15) is 0 Å². The number of rotatable bonds is 7. The van der Waals surface area contributed by atoms with Gasteiger partial charge in [-0.2, -0.15) is 11.8 Å². The summed E-state index contributed by atoms with van der Waals surface area (Å²) in [6, 6.07) is 2.42. The third-order valence-corrected chi connectivity index (χ3v) is 4.98. The third kappa shape index (κ3) is 3.51. The lowest BCUT2D eigenvalue weighted by Crippen LogP contribution is -2.13. The average Bonchev–Trinajstić information content (AvgIpc) is 2.83. The Morgan fingerprint density at radius 1 is 1.38 bits per heavy atom. The average molecular weight is 255 g/mol. The van der Waals surface area contributed by atoms with Crippen molar-refractivity contribution in [1.29, 1.82) is 0 Å². The molecule has 3 heteroatoms. The zero-order valence-corrected chi connectivity index (χ0v) is 11.7. The van der Waals surface area contributed by atoms with Crippen LogP contribution in [0.15, 0.2) is 6.07 Å². The van der Waals surface area contributed by atoms with Crippen molar-refractivity contribution < 1.29 is 0 Å². The van der Waals surface area contributed by atoms with Crippen LogP contribution < -0.4 is 5.32 Å². The standard InChI is InChI=1S/C13H21NS2/c1-15-8-3-2-7-14-10-12-9-11-5-4-6-13(11)16-12/h9,14H,2-8,10H2,1H3. The van der Waals surface area contributed by atoms with Crippen LogP contribution in [0.3, 0.4) is 0 Å². The second-order valence-corrected chi connectivity index (χ2v) is 6.60. The number of thioether (sulfide) groups is 1. The number of fused-ring (bicyclic) bond motifs is 1. The van der Waals surface area contributed by atoms with Crippen molar-refractivity contribution in [2.75, 3.05) is 18.6 Å². The summed E-state index contributed by atoms with van der Waals surface area (Å²) in [6.45, 7) is 2.25. The maximum Gasteiger partial charge on any atom is 0.0299 e. The molecule has 0 aliphatic heterocycles. The van der Waals surface area contributed by atoms with Gasteiger partial charge in [0, 0.05) is 16.3 Å². The molecule has 0 spiro atoms. The number of hydrogen-bond donors (Lipinski definition) is 1. The zero-order valence-electron chi connectivity index (χ0n) is 10.1. The summed E-state index contributed by atoms with van der Waals surface area (Å²) >= 11 is 3.97. The Morgan fingerprint density at radius 3 is 3.12 bits per heavy atom. The molecule has 1 heterocycles. The monoisotopic (exact) mass is 255 g/mol. The molecule has 0 bridgehead atoms. The minimum Gasteiger partial charge on any atom is -0.312 e. The van der Waals surface area contributed by atoms with Crippen LogP contribution in [-0.2, 0) is 19.4 Å². The van der Waals surface area contributed by atoms with Gasteiger partial charge < -0.3 is 5.32 Å². The molecule has 2 rings (SSSR count). The van der Waals surface area contributed by atoms with Crippen LogP contribution in [0.2, 0.25) is 0 Å². The van der Waals surface area contributed by atoms with Gasteiger partial charge in [-0.15, -0.1) is 11.3 Å². The first-order chi connectivity index (χ1) is 7.90. The molecule has 1 aromatic rings. The van der Waals surface area contributed by atoms with E-state index in [0.717, 1.165) is 6.54 Å². The lowest BCUT2D eigenvalue weighted by atomic mass is 10.2. The highest BCUT2D eigenvalue weighted by molar-refractivity contribution is 7.98. The van der Waals surface area contributed by atoms with Crippen LogP contribution in [0, 0.1) is 0 Å². The van der Waals surface area contributed by atoms with Crippen molar-refractivity contribution in [2.24, 2.45) is 0 Å². The predicted molar refractivity (Wildman–Crippen MR) is 75.7 cm³/mol. The lowest BCUT2D eigenvalue weighted by molar-refractivity contribution is 0.648. The Kier molecular flexibility index (Phi) is 5.20. The molecule has 0 atom stereocenters. The Hall–Kier alpha value is 0.01000. The van der Waals surface area contributed by atoms with E-state index in [9.17, 15) is 0 Å². The highest BCUT2D eigenvalue weighted by Crippen LogP contribution is 2.30. The van der Waals surface area contributed by atoms with E-state index in [1.54, 1.807) is 10.4 Å². The summed E-state index contributed by atoms with van der Waals surface area (Å²) in [5.74, 6) is 1.30. The Morgan fingerprint density at radius 2 is 2.31 bits per heavy atom. The first-order valence-electron chi connectivity index (χ1n) is 6.20. The van der Waals surface area contributed by atoms with Crippen LogP contribution in [-0.4, -0.2) is 18.6 Å². The summed E-state index contributed by atoms with van der Waals surface area (Å²) in [7, 11) is 0. The molecule has 90 valence electrons. The summed E-state index contributed by atoms with van der Waals surface area (Å²) in [6.07, 6.45) is 8.86. The first kappa shape index (κ1) is 12.5. The molecule has 1 N–H and O–H groups in total. The Balaban J connectivity index is 1.62. The molecule has 1 aliphatic carbocycles. The molecule has 0 unspecified atom stereocenters. The predicted octanol–water partition coefficient (Wildman–Crippen LogP) is 3.47. The number of nitrogens with one attached hydrogen (secondary N) is 1. The fourth-order valence-corrected chi connectivity index (χ4v) is 3.91. The molecule has 16 heavy (non-hydrogen) atoms. The Labute approximate surface area is 107 Å². The number of hydrogen-bond acceptors (Lipinski definition) is 3. The molecule has 1 nitrogen and oxygen atoms in total. The van der Waals surface area contributed by atoms with Crippen molar-refractivity contribution >= 4 is 23.1 Å². The van der Waals surface area contributed by atoms with E-state index in [0.29, 0.717) is 0 Å². The van der Waals surface area contributed by atoms with E-state index in [1.807, 2.05) is 23.1 Å². The molecular weight excluding hydrogens is 234 g/mol. The van der Waals surface area contributed by atoms with Crippen LogP contribution in [0.1, 0.15) is 34.6 Å². The van der Waals surface area contributed by atoms with E-state index in [-0.39, 0.29) is 0 Å². The van der Waals surface area contributed by atoms with Crippen molar-refractivity contribution in [3.63, 3.8) is 0 Å². The maximum atomic E-state index is 3.55. The van der Waals surface area contributed by atoms with Gasteiger partial charge >= 0.3 is 0 Å². The van der Waals surface area contributed by atoms with Gasteiger partial charge in [0.25, 0.3) is 0 Å². The van der Waals surface area contributed by atoms with Crippen LogP contribution >= 0.6 is 23.1 Å². The largest absolute Gasteiger partial charge is 0.312 e. The number of thiophene rings is 1. The van der Waals surface area contributed by atoms with Gasteiger partial charge in [-0.05, 0) is 62.3 Å². The molecule has 0 amide bonds. The maximum absolute atomic E-state index is 3.55. The van der Waals surface area contributed by atoms with E-state index >= 15 is 0 Å². The normalized spacial score (nSPS) is 14.3. The van der Waals surface area contributed by atoms with Gasteiger partial charge in [-0.25, -0.2) is 0 Å². The van der Waals surface area contributed by atoms with E-state index < -0.39 is 0 Å². The van der Waals surface area contributed by atoms with Crippen LogP contribution in [0.25, 0.3) is 0 Å². The minimum absolute atomic E-state index is 1.08. The molecule has 0 radical (unpaired) electrons. The first-order valence-corrected chi connectivity index (χ1v) is 8.41. The highest BCUT2D eigenvalue weighted by Gasteiger charge is 2.14. The number of aryl methyl sites for hydroxylation is 2. The van der Waals surface area contributed by atoms with E-state index in [4.69, 9.17) is 0 Å². The van der Waals surface area contributed by atoms with Gasteiger partial charge in [0.15, 0.2) is 0 Å². The molecule has 0 saturated heterocycles. The van der Waals surface area contributed by atoms with Crippen LogP contribution in [0.4, 0.5) is 0 Å². The quantitative estimate of drug-likeness (QED) is 0.749. The van der Waals surface area contributed by atoms with Gasteiger partial charge in [-0.1, -0.05) is 0 Å². The van der Waals surface area contributed by atoms with Gasteiger partial charge in [-0.3, -0.25) is 0 Å². The summed E-state index contributed by atoms with van der Waals surface area (Å²) in [5.41, 5.74) is 1.63. The topological polar surface area (TPSA) is 12.0 Å². The molecule has 0 fully saturated rings. The van der Waals surface area contributed by atoms with Crippen molar-refractivity contribution in [3.05, 3.63) is 21.4 Å². The van der Waals surface area contributed by atoms with Crippen molar-refractivity contribution in [3.8, 4) is 0 Å². The fourth-order valence-electron chi connectivity index (χ4n) is 2.19. The SMILES string of the molecule is CSCCCCNCc1cc2c(s1)CCC2. The molecule has 1 aliphatic rings. The van der Waals surface area contributed by atoms with E-state index in [1.165, 1.54) is 49.3 Å². The van der Waals surface area contributed by atoms with E-state index in [2.05, 4.69) is 17.6 Å². The molecule has 1 aromatic heterocycles. The molecule has 0 saturated carbocycles. The minimum atomic E-state index is 1.08. The molecule has 0 aromatic carbocycles. The summed E-state index contributed by atoms with van der Waals surface area (Å²) in [4.78, 5) is 3.19. The fraction of sp³-hybridized carbons (Fsp3) is 0.692. The Bertz CT molecular complexity index is 298. The highest BCUT2D eigenvalue weighted by atomic mass is 32.2. The van der Waals surface area contributed by atoms with Crippen LogP contribution in [0.5, 0.6) is 0 Å². The van der Waals surface area contributed by atoms with Gasteiger partial charge in [0.05, 0.1) is 0 Å².